The van der Waals surface area contributed by atoms with Crippen molar-refractivity contribution in [1.29, 1.82) is 5.41 Å². The van der Waals surface area contributed by atoms with Gasteiger partial charge in [0.25, 0.3) is 0 Å². The summed E-state index contributed by atoms with van der Waals surface area (Å²) in [6.07, 6.45) is 1.21. The number of carbonyl (C=O) groups is 1. The lowest BCUT2D eigenvalue weighted by atomic mass is 10.1. The summed E-state index contributed by atoms with van der Waals surface area (Å²) in [5.74, 6) is -0.882. The third-order valence-corrected chi connectivity index (χ3v) is 5.83. The van der Waals surface area contributed by atoms with Crippen LogP contribution in [-0.4, -0.2) is 37.2 Å². The Balaban J connectivity index is 1.96. The number of unbranched alkanes of at least 4 members (excludes halogenated alkanes) is 1. The second-order valence-corrected chi connectivity index (χ2v) is 8.93. The SMILES string of the molecule is CCCCS(=O)(=O)NC(Cc1ccc(OCc2cccc(NC(=N)N)c2)cc1)C(=O)O. The molecule has 0 radical (unpaired) electrons. The monoisotopic (exact) mass is 448 g/mol. The predicted molar refractivity (Wildman–Crippen MR) is 120 cm³/mol. The molecule has 0 spiro atoms. The molecule has 1 unspecified atom stereocenters. The third kappa shape index (κ3) is 8.65. The molecule has 0 aliphatic heterocycles. The largest absolute Gasteiger partial charge is 0.489 e. The Labute approximate surface area is 182 Å². The summed E-state index contributed by atoms with van der Waals surface area (Å²) in [5, 5.41) is 19.4. The number of guanidine groups is 1. The summed E-state index contributed by atoms with van der Waals surface area (Å²) in [7, 11) is -3.65. The molecule has 2 rings (SSSR count). The van der Waals surface area contributed by atoms with Crippen molar-refractivity contribution in [2.24, 2.45) is 5.73 Å². The van der Waals surface area contributed by atoms with Crippen molar-refractivity contribution in [3.8, 4) is 5.75 Å². The first-order valence-electron chi connectivity index (χ1n) is 9.83. The number of ether oxygens (including phenoxy) is 1. The second-order valence-electron chi connectivity index (χ2n) is 7.06. The molecule has 0 aromatic heterocycles. The smallest absolute Gasteiger partial charge is 0.322 e. The molecule has 0 aliphatic rings. The fourth-order valence-electron chi connectivity index (χ4n) is 2.81. The number of nitrogens with one attached hydrogen (secondary N) is 3. The van der Waals surface area contributed by atoms with E-state index in [-0.39, 0.29) is 18.1 Å². The van der Waals surface area contributed by atoms with Gasteiger partial charge < -0.3 is 20.9 Å². The number of benzene rings is 2. The highest BCUT2D eigenvalue weighted by Gasteiger charge is 2.24. The Morgan fingerprint density at radius 2 is 1.90 bits per heavy atom. The minimum absolute atomic E-state index is 0.0275. The van der Waals surface area contributed by atoms with E-state index in [1.54, 1.807) is 30.3 Å². The molecule has 0 saturated carbocycles. The zero-order valence-corrected chi connectivity index (χ0v) is 18.1. The molecule has 9 nitrogen and oxygen atoms in total. The highest BCUT2D eigenvalue weighted by molar-refractivity contribution is 7.89. The van der Waals surface area contributed by atoms with Crippen LogP contribution >= 0.6 is 0 Å². The maximum atomic E-state index is 12.0. The Morgan fingerprint density at radius 1 is 1.19 bits per heavy atom. The summed E-state index contributed by atoms with van der Waals surface area (Å²) in [4.78, 5) is 11.5. The van der Waals surface area contributed by atoms with Gasteiger partial charge in [0, 0.05) is 5.69 Å². The van der Waals surface area contributed by atoms with Gasteiger partial charge in [0.05, 0.1) is 5.75 Å². The molecular formula is C21H28N4O5S. The molecule has 0 bridgehead atoms. The number of carboxylic acid groups (broad SMARTS) is 1. The van der Waals surface area contributed by atoms with Gasteiger partial charge in [-0.25, -0.2) is 13.1 Å². The van der Waals surface area contributed by atoms with Gasteiger partial charge in [-0.2, -0.15) is 0 Å². The van der Waals surface area contributed by atoms with Crippen molar-refractivity contribution in [2.75, 3.05) is 11.1 Å². The lowest BCUT2D eigenvalue weighted by Crippen LogP contribution is -2.43. The highest BCUT2D eigenvalue weighted by Crippen LogP contribution is 2.17. The maximum Gasteiger partial charge on any atom is 0.322 e. The van der Waals surface area contributed by atoms with Crippen LogP contribution in [0.5, 0.6) is 5.75 Å². The minimum atomic E-state index is -3.65. The van der Waals surface area contributed by atoms with Gasteiger partial charge in [-0.05, 0) is 48.2 Å². The standard InChI is InChI=1S/C21H28N4O5S/c1-2-3-11-31(28,29)25-19(20(26)27)13-15-7-9-18(10-8-15)30-14-16-5-4-6-17(12-16)24-21(22)23/h4-10,12,19,25H,2-3,11,13-14H2,1H3,(H,26,27)(H4,22,23,24). The topological polar surface area (TPSA) is 155 Å². The molecule has 0 amide bonds. The van der Waals surface area contributed by atoms with Crippen LogP contribution in [0.25, 0.3) is 0 Å². The van der Waals surface area contributed by atoms with Gasteiger partial charge in [-0.15, -0.1) is 0 Å². The third-order valence-electron chi connectivity index (χ3n) is 4.36. The van der Waals surface area contributed by atoms with Crippen LogP contribution in [0, 0.1) is 5.41 Å². The number of sulfonamides is 1. The Hall–Kier alpha value is -3.11. The van der Waals surface area contributed by atoms with Gasteiger partial charge >= 0.3 is 5.97 Å². The molecule has 1 atom stereocenters. The van der Waals surface area contributed by atoms with Crippen molar-refractivity contribution >= 4 is 27.6 Å². The molecular weight excluding hydrogens is 420 g/mol. The average Bonchev–Trinajstić information content (AvgIpc) is 2.71. The molecule has 10 heteroatoms. The van der Waals surface area contributed by atoms with Crippen LogP contribution < -0.4 is 20.5 Å². The van der Waals surface area contributed by atoms with Crippen LogP contribution in [0.2, 0.25) is 0 Å². The zero-order valence-electron chi connectivity index (χ0n) is 17.3. The first-order chi connectivity index (χ1) is 14.7. The normalized spacial score (nSPS) is 12.2. The first-order valence-corrected chi connectivity index (χ1v) is 11.5. The average molecular weight is 449 g/mol. The number of rotatable bonds is 12. The summed E-state index contributed by atoms with van der Waals surface area (Å²) in [5.41, 5.74) is 7.56. The lowest BCUT2D eigenvalue weighted by molar-refractivity contribution is -0.138. The molecule has 168 valence electrons. The van der Waals surface area contributed by atoms with Crippen LogP contribution in [0.3, 0.4) is 0 Å². The first kappa shape index (κ1) is 24.2. The van der Waals surface area contributed by atoms with Crippen LogP contribution in [0.1, 0.15) is 30.9 Å². The van der Waals surface area contributed by atoms with Crippen molar-refractivity contribution in [3.05, 3.63) is 59.7 Å². The molecule has 0 heterocycles. The number of hydrogen-bond donors (Lipinski definition) is 5. The van der Waals surface area contributed by atoms with E-state index in [2.05, 4.69) is 10.0 Å². The summed E-state index contributed by atoms with van der Waals surface area (Å²) in [6.45, 7) is 2.16. The summed E-state index contributed by atoms with van der Waals surface area (Å²) < 4.78 is 32.1. The van der Waals surface area contributed by atoms with E-state index in [4.69, 9.17) is 15.9 Å². The zero-order chi connectivity index (χ0) is 22.9. The highest BCUT2D eigenvalue weighted by atomic mass is 32.2. The van der Waals surface area contributed by atoms with Crippen molar-refractivity contribution in [1.82, 2.24) is 4.72 Å². The molecule has 0 saturated heterocycles. The van der Waals surface area contributed by atoms with E-state index in [0.29, 0.717) is 36.4 Å². The van der Waals surface area contributed by atoms with Crippen LogP contribution in [0.15, 0.2) is 48.5 Å². The molecule has 0 fully saturated rings. The molecule has 2 aromatic carbocycles. The van der Waals surface area contributed by atoms with E-state index in [1.165, 1.54) is 0 Å². The predicted octanol–water partition coefficient (Wildman–Crippen LogP) is 2.29. The number of anilines is 1. The number of nitrogens with two attached hydrogens (primary N) is 1. The van der Waals surface area contributed by atoms with Crippen molar-refractivity contribution in [2.45, 2.75) is 38.8 Å². The number of hydrogen-bond acceptors (Lipinski definition) is 5. The van der Waals surface area contributed by atoms with Gasteiger partial charge in [0.2, 0.25) is 10.0 Å². The van der Waals surface area contributed by atoms with Gasteiger partial charge in [-0.1, -0.05) is 37.6 Å². The fourth-order valence-corrected chi connectivity index (χ4v) is 4.21. The van der Waals surface area contributed by atoms with Gasteiger partial charge in [0.1, 0.15) is 18.4 Å². The lowest BCUT2D eigenvalue weighted by Gasteiger charge is -2.15. The molecule has 31 heavy (non-hydrogen) atoms. The second kappa shape index (κ2) is 11.3. The van der Waals surface area contributed by atoms with E-state index in [0.717, 1.165) is 5.56 Å². The van der Waals surface area contributed by atoms with Crippen molar-refractivity contribution in [3.63, 3.8) is 0 Å². The molecule has 6 N–H and O–H groups in total. The van der Waals surface area contributed by atoms with Gasteiger partial charge in [0.15, 0.2) is 5.96 Å². The molecule has 2 aromatic rings. The quantitative estimate of drug-likeness (QED) is 0.246. The fraction of sp³-hybridized carbons (Fsp3) is 0.333. The summed E-state index contributed by atoms with van der Waals surface area (Å²) >= 11 is 0. The number of aliphatic carboxylic acids is 1. The summed E-state index contributed by atoms with van der Waals surface area (Å²) in [6, 6.07) is 12.9. The minimum Gasteiger partial charge on any atom is -0.489 e. The van der Waals surface area contributed by atoms with E-state index in [9.17, 15) is 18.3 Å². The van der Waals surface area contributed by atoms with E-state index in [1.807, 2.05) is 25.1 Å². The Kier molecular flexibility index (Phi) is 8.83. The maximum absolute atomic E-state index is 12.0. The Morgan fingerprint density at radius 3 is 2.52 bits per heavy atom. The van der Waals surface area contributed by atoms with Crippen LogP contribution in [-0.2, 0) is 27.8 Å². The number of carboxylic acids is 1. The Bertz CT molecular complexity index is 993. The van der Waals surface area contributed by atoms with E-state index >= 15 is 0 Å². The van der Waals surface area contributed by atoms with E-state index < -0.39 is 22.0 Å². The molecule has 0 aliphatic carbocycles. The van der Waals surface area contributed by atoms with Gasteiger partial charge in [-0.3, -0.25) is 10.2 Å². The van der Waals surface area contributed by atoms with Crippen LogP contribution in [0.4, 0.5) is 5.69 Å². The van der Waals surface area contributed by atoms with Crippen molar-refractivity contribution < 1.29 is 23.1 Å².